The largest absolute Gasteiger partial charge is 0.377 e. The molecule has 0 amide bonds. The fraction of sp³-hybridized carbons (Fsp3) is 0.308. The molecule has 0 atom stereocenters. The van der Waals surface area contributed by atoms with Crippen molar-refractivity contribution in [3.05, 3.63) is 41.5 Å². The van der Waals surface area contributed by atoms with Gasteiger partial charge in [-0.05, 0) is 18.1 Å². The van der Waals surface area contributed by atoms with Crippen molar-refractivity contribution < 1.29 is 9.53 Å². The second kappa shape index (κ2) is 4.89. The Bertz CT molecular complexity index is 365. The van der Waals surface area contributed by atoms with Crippen LogP contribution in [0.3, 0.4) is 0 Å². The van der Waals surface area contributed by atoms with E-state index in [-0.39, 0.29) is 5.78 Å². The van der Waals surface area contributed by atoms with E-state index in [9.17, 15) is 4.79 Å². The maximum absolute atomic E-state index is 11.7. The predicted octanol–water partition coefficient (Wildman–Crippen LogP) is 2.45. The van der Waals surface area contributed by atoms with Crippen molar-refractivity contribution in [2.75, 3.05) is 13.2 Å². The Morgan fingerprint density at radius 2 is 2.00 bits per heavy atom. The first-order chi connectivity index (χ1) is 7.36. The van der Waals surface area contributed by atoms with Gasteiger partial charge in [-0.25, -0.2) is 0 Å². The number of ether oxygens (including phenoxy) is 1. The lowest BCUT2D eigenvalue weighted by Crippen LogP contribution is -2.03. The Labute approximate surface area is 89.6 Å². The molecule has 0 aromatic heterocycles. The zero-order valence-electron chi connectivity index (χ0n) is 8.61. The Hall–Kier alpha value is -1.41. The molecule has 1 saturated heterocycles. The van der Waals surface area contributed by atoms with Crippen molar-refractivity contribution in [2.45, 2.75) is 12.8 Å². The van der Waals surface area contributed by atoms with Gasteiger partial charge in [0, 0.05) is 18.6 Å². The van der Waals surface area contributed by atoms with Gasteiger partial charge in [0.1, 0.15) is 0 Å². The molecule has 2 rings (SSSR count). The van der Waals surface area contributed by atoms with Crippen LogP contribution in [0.4, 0.5) is 0 Å². The van der Waals surface area contributed by atoms with Gasteiger partial charge in [-0.2, -0.15) is 0 Å². The summed E-state index contributed by atoms with van der Waals surface area (Å²) in [6, 6.07) is 9.88. The third-order valence-electron chi connectivity index (χ3n) is 2.45. The summed E-state index contributed by atoms with van der Waals surface area (Å²) in [5.41, 5.74) is 1.85. The molecule has 0 radical (unpaired) electrons. The topological polar surface area (TPSA) is 26.3 Å². The van der Waals surface area contributed by atoms with Crippen molar-refractivity contribution in [2.24, 2.45) is 0 Å². The molecule has 1 aromatic carbocycles. The lowest BCUT2D eigenvalue weighted by molar-refractivity contribution is -0.115. The molecule has 1 aliphatic rings. The molecule has 1 aromatic rings. The summed E-state index contributed by atoms with van der Waals surface area (Å²) in [6.45, 7) is 1.14. The van der Waals surface area contributed by atoms with Gasteiger partial charge in [0.05, 0.1) is 6.61 Å². The second-order valence-electron chi connectivity index (χ2n) is 3.66. The normalized spacial score (nSPS) is 20.3. The van der Waals surface area contributed by atoms with Gasteiger partial charge < -0.3 is 4.74 Å². The molecule has 15 heavy (non-hydrogen) atoms. The highest BCUT2D eigenvalue weighted by molar-refractivity contribution is 5.99. The standard InChI is InChI=1S/C13H14O2/c14-13-7-4-8-15-10-12(13)9-11-5-2-1-3-6-11/h1-3,5-6,9H,4,7-8,10H2/b12-9-. The number of carbonyl (C=O) groups excluding carboxylic acids is 1. The van der Waals surface area contributed by atoms with Crippen LogP contribution in [0.1, 0.15) is 18.4 Å². The molecule has 2 nitrogen and oxygen atoms in total. The van der Waals surface area contributed by atoms with Crippen molar-refractivity contribution in [1.82, 2.24) is 0 Å². The Balaban J connectivity index is 2.20. The SMILES string of the molecule is O=C1CCCOC/C1=C/c1ccccc1. The van der Waals surface area contributed by atoms with E-state index in [1.54, 1.807) is 0 Å². The highest BCUT2D eigenvalue weighted by atomic mass is 16.5. The van der Waals surface area contributed by atoms with Crippen LogP contribution in [0.2, 0.25) is 0 Å². The average molecular weight is 202 g/mol. The number of Topliss-reactive ketones (excluding diaryl/α,β-unsaturated/α-hetero) is 1. The van der Waals surface area contributed by atoms with Gasteiger partial charge >= 0.3 is 0 Å². The zero-order chi connectivity index (χ0) is 10.5. The van der Waals surface area contributed by atoms with Crippen molar-refractivity contribution in [1.29, 1.82) is 0 Å². The Morgan fingerprint density at radius 1 is 1.20 bits per heavy atom. The van der Waals surface area contributed by atoms with E-state index in [0.29, 0.717) is 19.6 Å². The van der Waals surface area contributed by atoms with Crippen molar-refractivity contribution in [3.8, 4) is 0 Å². The molecule has 0 unspecified atom stereocenters. The number of hydrogen-bond acceptors (Lipinski definition) is 2. The lowest BCUT2D eigenvalue weighted by Gasteiger charge is -2.01. The van der Waals surface area contributed by atoms with E-state index in [0.717, 1.165) is 17.6 Å². The van der Waals surface area contributed by atoms with Gasteiger partial charge in [-0.3, -0.25) is 4.79 Å². The quantitative estimate of drug-likeness (QED) is 0.654. The number of rotatable bonds is 1. The second-order valence-corrected chi connectivity index (χ2v) is 3.66. The first kappa shape index (κ1) is 10.1. The third-order valence-corrected chi connectivity index (χ3v) is 2.45. The van der Waals surface area contributed by atoms with E-state index in [1.165, 1.54) is 0 Å². The average Bonchev–Trinajstić information content (AvgIpc) is 2.46. The monoisotopic (exact) mass is 202 g/mol. The summed E-state index contributed by atoms with van der Waals surface area (Å²) >= 11 is 0. The molecule has 0 bridgehead atoms. The van der Waals surface area contributed by atoms with E-state index >= 15 is 0 Å². The van der Waals surface area contributed by atoms with Gasteiger partial charge in [0.15, 0.2) is 5.78 Å². The molecular formula is C13H14O2. The predicted molar refractivity (Wildman–Crippen MR) is 59.5 cm³/mol. The maximum Gasteiger partial charge on any atom is 0.161 e. The smallest absolute Gasteiger partial charge is 0.161 e. The number of hydrogen-bond donors (Lipinski definition) is 0. The Kier molecular flexibility index (Phi) is 3.30. The molecule has 0 saturated carbocycles. The van der Waals surface area contributed by atoms with Crippen LogP contribution in [0.5, 0.6) is 0 Å². The van der Waals surface area contributed by atoms with Gasteiger partial charge in [0.2, 0.25) is 0 Å². The van der Waals surface area contributed by atoms with Crippen molar-refractivity contribution >= 4 is 11.9 Å². The van der Waals surface area contributed by atoms with E-state index in [4.69, 9.17) is 4.74 Å². The highest BCUT2D eigenvalue weighted by Crippen LogP contribution is 2.13. The van der Waals surface area contributed by atoms with Crippen LogP contribution in [-0.4, -0.2) is 19.0 Å². The minimum absolute atomic E-state index is 0.219. The molecule has 1 heterocycles. The van der Waals surface area contributed by atoms with E-state index in [1.807, 2.05) is 36.4 Å². The van der Waals surface area contributed by atoms with Crippen LogP contribution in [0, 0.1) is 0 Å². The van der Waals surface area contributed by atoms with Gasteiger partial charge in [-0.1, -0.05) is 30.3 Å². The molecule has 1 aliphatic heterocycles. The molecule has 1 fully saturated rings. The van der Waals surface area contributed by atoms with Crippen molar-refractivity contribution in [3.63, 3.8) is 0 Å². The van der Waals surface area contributed by atoms with E-state index in [2.05, 4.69) is 0 Å². The molecule has 78 valence electrons. The van der Waals surface area contributed by atoms with Crippen LogP contribution in [0.25, 0.3) is 6.08 Å². The number of benzene rings is 1. The molecule has 0 aliphatic carbocycles. The lowest BCUT2D eigenvalue weighted by atomic mass is 10.1. The minimum atomic E-state index is 0.219. The van der Waals surface area contributed by atoms with Crippen LogP contribution in [0.15, 0.2) is 35.9 Å². The van der Waals surface area contributed by atoms with Crippen LogP contribution in [-0.2, 0) is 9.53 Å². The van der Waals surface area contributed by atoms with Crippen LogP contribution < -0.4 is 0 Å². The fourth-order valence-electron chi connectivity index (χ4n) is 1.63. The number of carbonyl (C=O) groups is 1. The summed E-state index contributed by atoms with van der Waals surface area (Å²) in [5, 5.41) is 0. The third kappa shape index (κ3) is 2.77. The van der Waals surface area contributed by atoms with Crippen LogP contribution >= 0.6 is 0 Å². The molecule has 2 heteroatoms. The fourth-order valence-corrected chi connectivity index (χ4v) is 1.63. The molecule has 0 spiro atoms. The summed E-state index contributed by atoms with van der Waals surface area (Å²) in [6.07, 6.45) is 3.37. The first-order valence-corrected chi connectivity index (χ1v) is 5.23. The summed E-state index contributed by atoms with van der Waals surface area (Å²) in [7, 11) is 0. The maximum atomic E-state index is 11.7. The summed E-state index contributed by atoms with van der Waals surface area (Å²) in [5.74, 6) is 0.219. The zero-order valence-corrected chi connectivity index (χ0v) is 8.61. The van der Waals surface area contributed by atoms with E-state index < -0.39 is 0 Å². The highest BCUT2D eigenvalue weighted by Gasteiger charge is 2.13. The van der Waals surface area contributed by atoms with Gasteiger partial charge in [-0.15, -0.1) is 0 Å². The number of ketones is 1. The molecule has 0 N–H and O–H groups in total. The minimum Gasteiger partial charge on any atom is -0.377 e. The Morgan fingerprint density at radius 3 is 2.80 bits per heavy atom. The van der Waals surface area contributed by atoms with Gasteiger partial charge in [0.25, 0.3) is 0 Å². The summed E-state index contributed by atoms with van der Waals surface area (Å²) in [4.78, 5) is 11.7. The first-order valence-electron chi connectivity index (χ1n) is 5.23. The molecular weight excluding hydrogens is 188 g/mol. The summed E-state index contributed by atoms with van der Waals surface area (Å²) < 4.78 is 5.36.